The molecule has 1 fully saturated rings. The minimum atomic E-state index is -0.0993. The zero-order valence-electron chi connectivity index (χ0n) is 27.4. The second-order valence-electron chi connectivity index (χ2n) is 11.3. The molecule has 0 aromatic carbocycles. The third-order valence-corrected chi connectivity index (χ3v) is 7.50. The molecule has 7 nitrogen and oxygen atoms in total. The van der Waals surface area contributed by atoms with Crippen molar-refractivity contribution in [3.05, 3.63) is 90.3 Å². The standard InChI is InChI=1S/C37H57N5O2/c1-3-4-5-6-7-8-9-10-11-12-13-14-15-16-17-18-19-22-36(43)38-26-31-41(2)32-27-39-37(44)34-23-24-35(40-33-34)25-30-42-28-20-21-29-42/h4-5,7-8,10-11,13-14,16-17,23-24,33H,3,6,9,12,15,18-22,25-32H2,1-2H3,(H,38,43)(H,39,44)/b5-4-,8-7-,11-10-,14-13-,17-16-. The Bertz CT molecular complexity index is 1050. The first-order valence-corrected chi connectivity index (χ1v) is 16.7. The number of likely N-dealkylation sites (tertiary alicyclic amines) is 1. The second kappa shape index (κ2) is 25.1. The lowest BCUT2D eigenvalue weighted by Crippen LogP contribution is -2.37. The van der Waals surface area contributed by atoms with Gasteiger partial charge in [-0.2, -0.15) is 0 Å². The van der Waals surface area contributed by atoms with Gasteiger partial charge in [-0.1, -0.05) is 67.7 Å². The number of unbranched alkanes of at least 4 members (excludes halogenated alkanes) is 1. The van der Waals surface area contributed by atoms with Crippen LogP contribution in [0.5, 0.6) is 0 Å². The van der Waals surface area contributed by atoms with Gasteiger partial charge in [-0.05, 0) is 90.1 Å². The Morgan fingerprint density at radius 1 is 0.841 bits per heavy atom. The van der Waals surface area contributed by atoms with Crippen LogP contribution in [0.4, 0.5) is 0 Å². The monoisotopic (exact) mass is 603 g/mol. The molecule has 1 aromatic rings. The van der Waals surface area contributed by atoms with Crippen molar-refractivity contribution in [1.82, 2.24) is 25.4 Å². The van der Waals surface area contributed by atoms with E-state index in [1.807, 2.05) is 19.2 Å². The molecule has 2 amide bonds. The highest BCUT2D eigenvalue weighted by Crippen LogP contribution is 2.09. The zero-order chi connectivity index (χ0) is 31.5. The van der Waals surface area contributed by atoms with Gasteiger partial charge in [-0.15, -0.1) is 0 Å². The first-order valence-electron chi connectivity index (χ1n) is 16.7. The summed E-state index contributed by atoms with van der Waals surface area (Å²) >= 11 is 0. The molecule has 0 bridgehead atoms. The van der Waals surface area contributed by atoms with Gasteiger partial charge in [-0.25, -0.2) is 0 Å². The van der Waals surface area contributed by atoms with E-state index in [0.717, 1.165) is 70.2 Å². The molecular weight excluding hydrogens is 546 g/mol. The van der Waals surface area contributed by atoms with Crippen LogP contribution in [0.3, 0.4) is 0 Å². The van der Waals surface area contributed by atoms with Crippen LogP contribution in [0, 0.1) is 0 Å². The molecule has 1 aliphatic rings. The van der Waals surface area contributed by atoms with Crippen molar-refractivity contribution in [2.75, 3.05) is 52.9 Å². The number of hydrogen-bond acceptors (Lipinski definition) is 5. The molecule has 7 heteroatoms. The fourth-order valence-electron chi connectivity index (χ4n) is 4.78. The van der Waals surface area contributed by atoms with Crippen LogP contribution in [0.25, 0.3) is 0 Å². The first kappa shape index (κ1) is 36.9. The van der Waals surface area contributed by atoms with Crippen molar-refractivity contribution in [2.45, 2.75) is 77.6 Å². The summed E-state index contributed by atoms with van der Waals surface area (Å²) in [4.78, 5) is 33.6. The summed E-state index contributed by atoms with van der Waals surface area (Å²) in [6.45, 7) is 8.18. The van der Waals surface area contributed by atoms with Crippen molar-refractivity contribution >= 4 is 11.8 Å². The normalized spacial score (nSPS) is 14.4. The lowest BCUT2D eigenvalue weighted by atomic mass is 10.2. The van der Waals surface area contributed by atoms with E-state index < -0.39 is 0 Å². The zero-order valence-corrected chi connectivity index (χ0v) is 27.4. The quantitative estimate of drug-likeness (QED) is 0.112. The van der Waals surface area contributed by atoms with Crippen LogP contribution in [-0.4, -0.2) is 79.5 Å². The summed E-state index contributed by atoms with van der Waals surface area (Å²) in [7, 11) is 2.00. The highest BCUT2D eigenvalue weighted by atomic mass is 16.2. The Kier molecular flexibility index (Phi) is 21.0. The van der Waals surface area contributed by atoms with Gasteiger partial charge in [-0.3, -0.25) is 14.6 Å². The molecule has 0 unspecified atom stereocenters. The van der Waals surface area contributed by atoms with E-state index in [1.165, 1.54) is 25.9 Å². The number of nitrogens with zero attached hydrogens (tertiary/aromatic N) is 3. The van der Waals surface area contributed by atoms with E-state index in [0.29, 0.717) is 31.6 Å². The molecule has 1 aliphatic heterocycles. The molecule has 0 spiro atoms. The molecule has 0 radical (unpaired) electrons. The third-order valence-electron chi connectivity index (χ3n) is 7.50. The molecule has 0 atom stereocenters. The Balaban J connectivity index is 1.42. The number of likely N-dealkylation sites (N-methyl/N-ethyl adjacent to an activating group) is 1. The van der Waals surface area contributed by atoms with Gasteiger partial charge in [0.2, 0.25) is 5.91 Å². The number of hydrogen-bond donors (Lipinski definition) is 2. The van der Waals surface area contributed by atoms with Crippen molar-refractivity contribution in [3.63, 3.8) is 0 Å². The van der Waals surface area contributed by atoms with Crippen molar-refractivity contribution < 1.29 is 9.59 Å². The largest absolute Gasteiger partial charge is 0.355 e. The number of pyridine rings is 1. The lowest BCUT2D eigenvalue weighted by molar-refractivity contribution is -0.121. The molecule has 2 heterocycles. The van der Waals surface area contributed by atoms with Crippen LogP contribution in [0.15, 0.2) is 79.1 Å². The number of carbonyl (C=O) groups is 2. The van der Waals surface area contributed by atoms with Gasteiger partial charge in [0.25, 0.3) is 5.91 Å². The van der Waals surface area contributed by atoms with E-state index in [-0.39, 0.29) is 11.8 Å². The maximum absolute atomic E-state index is 12.5. The fraction of sp³-hybridized carbons (Fsp3) is 0.541. The number of rotatable bonds is 23. The average Bonchev–Trinajstić information content (AvgIpc) is 3.55. The Morgan fingerprint density at radius 2 is 1.43 bits per heavy atom. The maximum atomic E-state index is 12.5. The topological polar surface area (TPSA) is 77.6 Å². The summed E-state index contributed by atoms with van der Waals surface area (Å²) in [5, 5.41) is 5.96. The summed E-state index contributed by atoms with van der Waals surface area (Å²) < 4.78 is 0. The minimum Gasteiger partial charge on any atom is -0.355 e. The molecule has 1 saturated heterocycles. The third kappa shape index (κ3) is 19.1. The van der Waals surface area contributed by atoms with Crippen molar-refractivity contribution in [2.24, 2.45) is 0 Å². The smallest absolute Gasteiger partial charge is 0.252 e. The van der Waals surface area contributed by atoms with E-state index in [2.05, 4.69) is 93.1 Å². The first-order chi connectivity index (χ1) is 21.6. The predicted molar refractivity (Wildman–Crippen MR) is 185 cm³/mol. The van der Waals surface area contributed by atoms with Gasteiger partial charge >= 0.3 is 0 Å². The summed E-state index contributed by atoms with van der Waals surface area (Å²) in [5.74, 6) is -0.00626. The maximum Gasteiger partial charge on any atom is 0.252 e. The highest BCUT2D eigenvalue weighted by Gasteiger charge is 2.12. The predicted octanol–water partition coefficient (Wildman–Crippen LogP) is 6.42. The number of carbonyl (C=O) groups excluding carboxylic acids is 2. The molecule has 1 aromatic heterocycles. The van der Waals surface area contributed by atoms with Crippen LogP contribution < -0.4 is 10.6 Å². The van der Waals surface area contributed by atoms with Crippen LogP contribution >= 0.6 is 0 Å². The molecule has 2 N–H and O–H groups in total. The molecule has 0 saturated carbocycles. The van der Waals surface area contributed by atoms with Gasteiger partial charge in [0.1, 0.15) is 0 Å². The Hall–Kier alpha value is -3.29. The van der Waals surface area contributed by atoms with Gasteiger partial charge < -0.3 is 20.4 Å². The molecule has 2 rings (SSSR count). The van der Waals surface area contributed by atoms with Gasteiger partial charge in [0, 0.05) is 57.5 Å². The second-order valence-corrected chi connectivity index (χ2v) is 11.3. The Labute approximate surface area is 267 Å². The van der Waals surface area contributed by atoms with Crippen molar-refractivity contribution in [3.8, 4) is 0 Å². The number of aromatic nitrogens is 1. The van der Waals surface area contributed by atoms with Crippen LogP contribution in [0.1, 0.15) is 87.2 Å². The average molecular weight is 604 g/mol. The van der Waals surface area contributed by atoms with E-state index in [9.17, 15) is 9.59 Å². The van der Waals surface area contributed by atoms with E-state index >= 15 is 0 Å². The van der Waals surface area contributed by atoms with Gasteiger partial charge in [0.05, 0.1) is 5.56 Å². The lowest BCUT2D eigenvalue weighted by Gasteiger charge is -2.17. The number of allylic oxidation sites excluding steroid dienone is 10. The number of nitrogens with one attached hydrogen (secondary N) is 2. The molecule has 0 aliphatic carbocycles. The van der Waals surface area contributed by atoms with E-state index in [4.69, 9.17) is 0 Å². The van der Waals surface area contributed by atoms with Crippen LogP contribution in [0.2, 0.25) is 0 Å². The number of amides is 2. The van der Waals surface area contributed by atoms with Crippen LogP contribution in [-0.2, 0) is 11.2 Å². The molecule has 242 valence electrons. The summed E-state index contributed by atoms with van der Waals surface area (Å²) in [6.07, 6.45) is 34.4. The fourth-order valence-corrected chi connectivity index (χ4v) is 4.78. The Morgan fingerprint density at radius 3 is 2.02 bits per heavy atom. The molecule has 44 heavy (non-hydrogen) atoms. The SMILES string of the molecule is CC/C=C\C/C=C\C/C=C\C/C=C\C/C=C\CCCC(=O)NCCN(C)CCNC(=O)c1ccc(CCN2CCCC2)nc1. The summed E-state index contributed by atoms with van der Waals surface area (Å²) in [6, 6.07) is 3.83. The molecular formula is C37H57N5O2. The van der Waals surface area contributed by atoms with Gasteiger partial charge in [0.15, 0.2) is 0 Å². The van der Waals surface area contributed by atoms with E-state index in [1.54, 1.807) is 6.20 Å². The highest BCUT2D eigenvalue weighted by molar-refractivity contribution is 5.93. The van der Waals surface area contributed by atoms with Crippen molar-refractivity contribution in [1.29, 1.82) is 0 Å². The minimum absolute atomic E-state index is 0.0930. The summed E-state index contributed by atoms with van der Waals surface area (Å²) in [5.41, 5.74) is 1.62.